The molecule has 194 valence electrons. The fraction of sp³-hybridized carbons (Fsp3) is 0.0714. The lowest BCUT2D eigenvalue weighted by atomic mass is 9.94. The van der Waals surface area contributed by atoms with Crippen molar-refractivity contribution < 1.29 is 22.1 Å². The minimum Gasteiger partial charge on any atom is -0.496 e. The van der Waals surface area contributed by atoms with Crippen molar-refractivity contribution >= 4 is 27.7 Å². The molecule has 0 aliphatic heterocycles. The molecule has 1 unspecified atom stereocenters. The van der Waals surface area contributed by atoms with E-state index in [1.54, 1.807) is 42.6 Å². The van der Waals surface area contributed by atoms with E-state index in [0.717, 1.165) is 17.5 Å². The van der Waals surface area contributed by atoms with E-state index in [1.165, 1.54) is 37.7 Å². The Morgan fingerprint density at radius 2 is 1.72 bits per heavy atom. The van der Waals surface area contributed by atoms with Crippen molar-refractivity contribution in [3.8, 4) is 34.2 Å². The number of nitrogens with zero attached hydrogens (tertiary/aromatic N) is 4. The van der Waals surface area contributed by atoms with Crippen LogP contribution in [-0.4, -0.2) is 26.3 Å². The van der Waals surface area contributed by atoms with Gasteiger partial charge in [-0.05, 0) is 59.5 Å². The van der Waals surface area contributed by atoms with E-state index in [1.807, 2.05) is 0 Å². The van der Waals surface area contributed by atoms with E-state index in [-0.39, 0.29) is 17.1 Å². The molecule has 7 nitrogen and oxygen atoms in total. The van der Waals surface area contributed by atoms with E-state index in [9.17, 15) is 22.6 Å². The second-order valence-corrected chi connectivity index (χ2v) is 9.49. The Kier molecular flexibility index (Phi) is 6.96. The Morgan fingerprint density at radius 3 is 2.44 bits per heavy atom. The monoisotopic (exact) mass is 545 g/mol. The summed E-state index contributed by atoms with van der Waals surface area (Å²) in [6, 6.07) is 18.5. The number of benzene rings is 3. The van der Waals surface area contributed by atoms with Gasteiger partial charge in [0, 0.05) is 35.1 Å². The van der Waals surface area contributed by atoms with Gasteiger partial charge >= 0.3 is 6.18 Å². The van der Waals surface area contributed by atoms with Crippen molar-refractivity contribution in [3.05, 3.63) is 96.4 Å². The van der Waals surface area contributed by atoms with E-state index < -0.39 is 22.7 Å². The maximum Gasteiger partial charge on any atom is 0.416 e. The molecule has 2 aromatic heterocycles. The average Bonchev–Trinajstić information content (AvgIpc) is 2.96. The van der Waals surface area contributed by atoms with Crippen molar-refractivity contribution in [3.63, 3.8) is 0 Å². The third-order valence-electron chi connectivity index (χ3n) is 5.92. The number of hydrogen-bond donors (Lipinski definition) is 1. The first-order valence-electron chi connectivity index (χ1n) is 11.4. The maximum absolute atomic E-state index is 13.3. The number of anilines is 1. The molecule has 39 heavy (non-hydrogen) atoms. The summed E-state index contributed by atoms with van der Waals surface area (Å²) in [4.78, 5) is 13.0. The molecule has 0 fully saturated rings. The lowest BCUT2D eigenvalue weighted by Gasteiger charge is -2.15. The van der Waals surface area contributed by atoms with E-state index in [0.29, 0.717) is 32.9 Å². The van der Waals surface area contributed by atoms with Gasteiger partial charge in [-0.15, -0.1) is 0 Å². The van der Waals surface area contributed by atoms with Crippen LogP contribution in [0.2, 0.25) is 0 Å². The topological polar surface area (TPSA) is 101 Å². The van der Waals surface area contributed by atoms with Crippen LogP contribution in [0.4, 0.5) is 19.1 Å². The number of methoxy groups -OCH3 is 1. The predicted octanol–water partition coefficient (Wildman–Crippen LogP) is 6.39. The van der Waals surface area contributed by atoms with Crippen LogP contribution in [0, 0.1) is 11.3 Å². The molecule has 0 saturated heterocycles. The minimum absolute atomic E-state index is 0.161. The summed E-state index contributed by atoms with van der Waals surface area (Å²) >= 11 is 0. The van der Waals surface area contributed by atoms with Crippen molar-refractivity contribution in [1.29, 1.82) is 5.26 Å². The summed E-state index contributed by atoms with van der Waals surface area (Å²) in [5, 5.41) is 11.3. The second-order valence-electron chi connectivity index (χ2n) is 8.27. The highest BCUT2D eigenvalue weighted by Crippen LogP contribution is 2.40. The smallest absolute Gasteiger partial charge is 0.416 e. The third-order valence-corrected chi connectivity index (χ3v) is 6.97. The van der Waals surface area contributed by atoms with Gasteiger partial charge in [0.15, 0.2) is 11.0 Å². The molecule has 0 amide bonds. The van der Waals surface area contributed by atoms with Gasteiger partial charge in [0.1, 0.15) is 5.75 Å². The lowest BCUT2D eigenvalue weighted by molar-refractivity contribution is -0.137. The van der Waals surface area contributed by atoms with Gasteiger partial charge in [0.25, 0.3) is 0 Å². The molecule has 1 N–H and O–H groups in total. The molecule has 2 heterocycles. The number of alkyl halides is 3. The highest BCUT2D eigenvalue weighted by molar-refractivity contribution is 7.86. The van der Waals surface area contributed by atoms with Crippen LogP contribution >= 0.6 is 0 Å². The van der Waals surface area contributed by atoms with Crippen LogP contribution in [0.25, 0.3) is 33.2 Å². The molecule has 0 spiro atoms. The Bertz CT molecular complexity index is 1750. The van der Waals surface area contributed by atoms with Gasteiger partial charge < -0.3 is 4.74 Å². The molecule has 0 aliphatic rings. The molecule has 5 aromatic rings. The summed E-state index contributed by atoms with van der Waals surface area (Å²) in [6.07, 6.45) is 0.119. The molecule has 5 rings (SSSR count). The Hall–Kier alpha value is -4.82. The van der Waals surface area contributed by atoms with Crippen molar-refractivity contribution in [2.75, 3.05) is 11.8 Å². The van der Waals surface area contributed by atoms with Crippen LogP contribution in [0.15, 0.2) is 90.2 Å². The first-order valence-corrected chi connectivity index (χ1v) is 12.6. The first-order chi connectivity index (χ1) is 18.8. The number of fused-ring (bicyclic) bond motifs is 1. The fourth-order valence-electron chi connectivity index (χ4n) is 4.11. The van der Waals surface area contributed by atoms with Crippen LogP contribution in [0.5, 0.6) is 5.75 Å². The molecular formula is C28H18F3N5O2S. The van der Waals surface area contributed by atoms with Crippen molar-refractivity contribution in [1.82, 2.24) is 15.0 Å². The summed E-state index contributed by atoms with van der Waals surface area (Å²) in [5.74, 6) is 0.554. The van der Waals surface area contributed by atoms with Gasteiger partial charge in [-0.25, -0.2) is 14.2 Å². The highest BCUT2D eigenvalue weighted by Gasteiger charge is 2.30. The zero-order valence-electron chi connectivity index (χ0n) is 20.2. The van der Waals surface area contributed by atoms with Crippen LogP contribution in [0.3, 0.4) is 0 Å². The zero-order valence-corrected chi connectivity index (χ0v) is 21.0. The van der Waals surface area contributed by atoms with Gasteiger partial charge in [0.2, 0.25) is 5.95 Å². The standard InChI is InChI=1S/C28H18F3N5O2S/c1-38-25-15-23(17-4-2-5-20(12-17)28(29,30)31)19(16-32)14-24(25)26-22-7-6-21(13-18(22)8-11-33-26)39(37)36-27-34-9-3-10-35-27/h2-15H,1H3,(H,34,35,36). The van der Waals surface area contributed by atoms with Gasteiger partial charge in [-0.2, -0.15) is 18.4 Å². The van der Waals surface area contributed by atoms with Gasteiger partial charge in [-0.3, -0.25) is 9.71 Å². The summed E-state index contributed by atoms with van der Waals surface area (Å²) in [6.45, 7) is 0. The normalized spacial score (nSPS) is 12.1. The molecule has 1 atom stereocenters. The van der Waals surface area contributed by atoms with E-state index >= 15 is 0 Å². The number of rotatable bonds is 6. The fourth-order valence-corrected chi connectivity index (χ4v) is 4.92. The molecule has 3 aromatic carbocycles. The molecular weight excluding hydrogens is 527 g/mol. The lowest BCUT2D eigenvalue weighted by Crippen LogP contribution is -2.07. The summed E-state index contributed by atoms with van der Waals surface area (Å²) in [7, 11) is -0.194. The Balaban J connectivity index is 1.58. The quantitative estimate of drug-likeness (QED) is 0.265. The maximum atomic E-state index is 13.3. The number of nitriles is 1. The highest BCUT2D eigenvalue weighted by atomic mass is 32.2. The molecule has 0 saturated carbocycles. The SMILES string of the molecule is COc1cc(-c2cccc(C(F)(F)F)c2)c(C#N)cc1-c1nccc2cc(S(=O)Nc3ncccn3)ccc12. The van der Waals surface area contributed by atoms with E-state index in [2.05, 4.69) is 25.7 Å². The first kappa shape index (κ1) is 25.8. The number of aromatic nitrogens is 3. The van der Waals surface area contributed by atoms with Gasteiger partial charge in [0.05, 0.1) is 34.9 Å². The summed E-state index contributed by atoms with van der Waals surface area (Å²) < 4.78 is 61.1. The van der Waals surface area contributed by atoms with Crippen molar-refractivity contribution in [2.45, 2.75) is 11.1 Å². The second kappa shape index (κ2) is 10.5. The summed E-state index contributed by atoms with van der Waals surface area (Å²) in [5.41, 5.74) is 0.863. The number of pyridine rings is 1. The number of ether oxygens (including phenoxy) is 1. The molecule has 0 radical (unpaired) electrons. The van der Waals surface area contributed by atoms with Crippen LogP contribution in [0.1, 0.15) is 11.1 Å². The number of nitrogens with one attached hydrogen (secondary N) is 1. The molecule has 0 aliphatic carbocycles. The average molecular weight is 546 g/mol. The Morgan fingerprint density at radius 1 is 0.923 bits per heavy atom. The largest absolute Gasteiger partial charge is 0.496 e. The van der Waals surface area contributed by atoms with Gasteiger partial charge in [-0.1, -0.05) is 18.2 Å². The van der Waals surface area contributed by atoms with Crippen LogP contribution in [-0.2, 0) is 17.2 Å². The number of halogens is 3. The minimum atomic E-state index is -4.52. The molecule has 0 bridgehead atoms. The van der Waals surface area contributed by atoms with E-state index in [4.69, 9.17) is 4.74 Å². The number of hydrogen-bond acceptors (Lipinski definition) is 6. The van der Waals surface area contributed by atoms with Crippen molar-refractivity contribution in [2.24, 2.45) is 0 Å². The predicted molar refractivity (Wildman–Crippen MR) is 141 cm³/mol. The molecule has 11 heteroatoms. The van der Waals surface area contributed by atoms with Crippen LogP contribution < -0.4 is 9.46 Å². The zero-order chi connectivity index (χ0) is 27.6. The third kappa shape index (κ3) is 5.28. The Labute approximate surface area is 223 Å².